The number of rotatable bonds is 4. The third kappa shape index (κ3) is 3.77. The Bertz CT molecular complexity index is 461. The van der Waals surface area contributed by atoms with E-state index >= 15 is 0 Å². The number of esters is 1. The van der Waals surface area contributed by atoms with Crippen LogP contribution in [0.25, 0.3) is 0 Å². The van der Waals surface area contributed by atoms with Crippen molar-refractivity contribution in [3.8, 4) is 0 Å². The summed E-state index contributed by atoms with van der Waals surface area (Å²) in [5, 5.41) is 3.26. The summed E-state index contributed by atoms with van der Waals surface area (Å²) < 4.78 is 10.4. The molecular weight excluding hydrogens is 276 g/mol. The third-order valence-electron chi connectivity index (χ3n) is 3.25. The number of hydrogen-bond donors (Lipinski definition) is 0. The van der Waals surface area contributed by atoms with Crippen LogP contribution in [0, 0.1) is 0 Å². The highest BCUT2D eigenvalue weighted by molar-refractivity contribution is 7.09. The van der Waals surface area contributed by atoms with Crippen molar-refractivity contribution in [3.05, 3.63) is 16.1 Å². The maximum Gasteiger partial charge on any atom is 0.336 e. The number of ether oxygens (including phenoxy) is 2. The minimum atomic E-state index is -0.494. The first-order valence-corrected chi connectivity index (χ1v) is 7.77. The smallest absolute Gasteiger partial charge is 0.336 e. The van der Waals surface area contributed by atoms with Crippen molar-refractivity contribution >= 4 is 17.3 Å². The highest BCUT2D eigenvalue weighted by atomic mass is 32.1. The zero-order valence-electron chi connectivity index (χ0n) is 12.5. The van der Waals surface area contributed by atoms with Crippen LogP contribution in [-0.2, 0) is 20.8 Å². The van der Waals surface area contributed by atoms with E-state index in [4.69, 9.17) is 9.47 Å². The maximum absolute atomic E-state index is 11.6. The van der Waals surface area contributed by atoms with Crippen molar-refractivity contribution in [1.82, 2.24) is 9.88 Å². The number of thiazole rings is 1. The zero-order chi connectivity index (χ0) is 14.7. The summed E-state index contributed by atoms with van der Waals surface area (Å²) in [5.74, 6) is 0.155. The first kappa shape index (κ1) is 15.4. The third-order valence-corrected chi connectivity index (χ3v) is 4.44. The van der Waals surface area contributed by atoms with Gasteiger partial charge in [-0.15, -0.1) is 11.3 Å². The highest BCUT2D eigenvalue weighted by Crippen LogP contribution is 2.21. The fourth-order valence-corrected chi connectivity index (χ4v) is 3.15. The molecule has 1 aromatic heterocycles. The van der Waals surface area contributed by atoms with Gasteiger partial charge in [-0.05, 0) is 6.92 Å². The topological polar surface area (TPSA) is 51.7 Å². The highest BCUT2D eigenvalue weighted by Gasteiger charge is 2.31. The lowest BCUT2D eigenvalue weighted by molar-refractivity contribution is -0.166. The Morgan fingerprint density at radius 2 is 2.35 bits per heavy atom. The second-order valence-electron chi connectivity index (χ2n) is 5.48. The molecule has 0 bridgehead atoms. The van der Waals surface area contributed by atoms with Crippen LogP contribution in [0.15, 0.2) is 5.38 Å². The Morgan fingerprint density at radius 1 is 1.60 bits per heavy atom. The number of nitrogens with zero attached hydrogens (tertiary/aromatic N) is 2. The lowest BCUT2D eigenvalue weighted by atomic mass is 10.2. The lowest BCUT2D eigenvalue weighted by Gasteiger charge is -2.34. The van der Waals surface area contributed by atoms with Gasteiger partial charge in [-0.1, -0.05) is 13.8 Å². The van der Waals surface area contributed by atoms with Crippen molar-refractivity contribution in [1.29, 1.82) is 0 Å². The molecule has 6 heteroatoms. The van der Waals surface area contributed by atoms with Crippen LogP contribution in [-0.4, -0.2) is 48.3 Å². The summed E-state index contributed by atoms with van der Waals surface area (Å²) in [6.45, 7) is 8.39. The Kier molecular flexibility index (Phi) is 5.12. The molecule has 1 aliphatic heterocycles. The van der Waals surface area contributed by atoms with E-state index in [0.29, 0.717) is 12.5 Å². The van der Waals surface area contributed by atoms with E-state index in [-0.39, 0.29) is 12.1 Å². The predicted octanol–water partition coefficient (Wildman–Crippen LogP) is 2.03. The number of hydrogen-bond acceptors (Lipinski definition) is 6. The summed E-state index contributed by atoms with van der Waals surface area (Å²) in [4.78, 5) is 18.5. The Balaban J connectivity index is 1.98. The molecule has 0 N–H and O–H groups in total. The van der Waals surface area contributed by atoms with E-state index in [1.807, 2.05) is 6.92 Å². The van der Waals surface area contributed by atoms with E-state index in [9.17, 15) is 4.79 Å². The number of aromatic nitrogens is 1. The fourth-order valence-electron chi connectivity index (χ4n) is 2.32. The van der Waals surface area contributed by atoms with Crippen molar-refractivity contribution in [2.45, 2.75) is 45.4 Å². The van der Waals surface area contributed by atoms with Crippen molar-refractivity contribution in [3.63, 3.8) is 0 Å². The van der Waals surface area contributed by atoms with E-state index < -0.39 is 6.10 Å². The monoisotopic (exact) mass is 298 g/mol. The average molecular weight is 298 g/mol. The van der Waals surface area contributed by atoms with Gasteiger partial charge in [0.2, 0.25) is 0 Å². The van der Waals surface area contributed by atoms with Crippen LogP contribution in [0.4, 0.5) is 0 Å². The molecule has 0 radical (unpaired) electrons. The van der Waals surface area contributed by atoms with E-state index in [1.165, 1.54) is 7.11 Å². The molecule has 0 aliphatic carbocycles. The van der Waals surface area contributed by atoms with Gasteiger partial charge in [0.1, 0.15) is 0 Å². The second kappa shape index (κ2) is 6.65. The molecule has 1 fully saturated rings. The van der Waals surface area contributed by atoms with Crippen LogP contribution in [0.2, 0.25) is 0 Å². The van der Waals surface area contributed by atoms with Crippen LogP contribution in [0.3, 0.4) is 0 Å². The number of carbonyl (C=O) groups is 1. The molecule has 0 saturated carbocycles. The standard InChI is InChI=1S/C14H22N2O3S/c1-9(2)13-15-11(8-20-13)6-16-5-10(3)19-12(7-16)14(17)18-4/h8-10,12H,5-7H2,1-4H3/t10-,12+/m1/s1. The molecule has 2 atom stereocenters. The summed E-state index contributed by atoms with van der Waals surface area (Å²) in [6, 6.07) is 0. The molecule has 112 valence electrons. The molecule has 1 saturated heterocycles. The van der Waals surface area contributed by atoms with Gasteiger partial charge in [-0.3, -0.25) is 4.90 Å². The van der Waals surface area contributed by atoms with Gasteiger partial charge < -0.3 is 9.47 Å². The van der Waals surface area contributed by atoms with Crippen molar-refractivity contribution in [2.75, 3.05) is 20.2 Å². The SMILES string of the molecule is COC(=O)[C@@H]1CN(Cc2csc(C(C)C)n2)C[C@@H](C)O1. The Hall–Kier alpha value is -0.980. The van der Waals surface area contributed by atoms with Crippen molar-refractivity contribution in [2.24, 2.45) is 0 Å². The molecule has 2 rings (SSSR count). The second-order valence-corrected chi connectivity index (χ2v) is 6.37. The molecule has 1 aromatic rings. The minimum Gasteiger partial charge on any atom is -0.467 e. The molecule has 0 spiro atoms. The zero-order valence-corrected chi connectivity index (χ0v) is 13.3. The van der Waals surface area contributed by atoms with Gasteiger partial charge in [-0.25, -0.2) is 9.78 Å². The van der Waals surface area contributed by atoms with Gasteiger partial charge in [0.25, 0.3) is 0 Å². The maximum atomic E-state index is 11.6. The van der Waals surface area contributed by atoms with Gasteiger partial charge in [0, 0.05) is 30.9 Å². The number of morpholine rings is 1. The van der Waals surface area contributed by atoms with Crippen molar-refractivity contribution < 1.29 is 14.3 Å². The summed E-state index contributed by atoms with van der Waals surface area (Å²) in [5.41, 5.74) is 1.07. The van der Waals surface area contributed by atoms with Crippen LogP contribution in [0.1, 0.15) is 37.4 Å². The first-order valence-electron chi connectivity index (χ1n) is 6.89. The Morgan fingerprint density at radius 3 is 2.95 bits per heavy atom. The molecule has 1 aliphatic rings. The van der Waals surface area contributed by atoms with Crippen LogP contribution < -0.4 is 0 Å². The molecule has 20 heavy (non-hydrogen) atoms. The fraction of sp³-hybridized carbons (Fsp3) is 0.714. The minimum absolute atomic E-state index is 0.0241. The molecule has 0 unspecified atom stereocenters. The first-order chi connectivity index (χ1) is 9.49. The van der Waals surface area contributed by atoms with Gasteiger partial charge in [0.05, 0.1) is 23.9 Å². The van der Waals surface area contributed by atoms with Gasteiger partial charge in [0.15, 0.2) is 6.10 Å². The van der Waals surface area contributed by atoms with Crippen LogP contribution in [0.5, 0.6) is 0 Å². The van der Waals surface area contributed by atoms with E-state index in [2.05, 4.69) is 29.1 Å². The molecule has 0 aromatic carbocycles. The van der Waals surface area contributed by atoms with Gasteiger partial charge in [-0.2, -0.15) is 0 Å². The average Bonchev–Trinajstić information content (AvgIpc) is 2.85. The van der Waals surface area contributed by atoms with E-state index in [0.717, 1.165) is 23.8 Å². The summed E-state index contributed by atoms with van der Waals surface area (Å²) in [6.07, 6.45) is -0.469. The Labute approximate surface area is 123 Å². The van der Waals surface area contributed by atoms with Crippen LogP contribution >= 0.6 is 11.3 Å². The molecule has 2 heterocycles. The van der Waals surface area contributed by atoms with Gasteiger partial charge >= 0.3 is 5.97 Å². The normalized spacial score (nSPS) is 24.1. The largest absolute Gasteiger partial charge is 0.467 e. The number of carbonyl (C=O) groups excluding carboxylic acids is 1. The molecule has 5 nitrogen and oxygen atoms in total. The lowest BCUT2D eigenvalue weighted by Crippen LogP contribution is -2.49. The quantitative estimate of drug-likeness (QED) is 0.796. The summed E-state index contributed by atoms with van der Waals surface area (Å²) in [7, 11) is 1.39. The summed E-state index contributed by atoms with van der Waals surface area (Å²) >= 11 is 1.70. The molecular formula is C14H22N2O3S. The van der Waals surface area contributed by atoms with E-state index in [1.54, 1.807) is 11.3 Å². The number of methoxy groups -OCH3 is 1. The predicted molar refractivity (Wildman–Crippen MR) is 77.8 cm³/mol. The molecule has 0 amide bonds.